The van der Waals surface area contributed by atoms with Gasteiger partial charge in [0.25, 0.3) is 0 Å². The van der Waals surface area contributed by atoms with Crippen LogP contribution in [0, 0.1) is 11.3 Å². The molecule has 0 unspecified atom stereocenters. The summed E-state index contributed by atoms with van der Waals surface area (Å²) in [4.78, 5) is 8.58. The Kier molecular flexibility index (Phi) is 7.19. The van der Waals surface area contributed by atoms with Crippen molar-refractivity contribution in [3.63, 3.8) is 0 Å². The number of nitrogens with zero attached hydrogens (tertiary/aromatic N) is 2. The third kappa shape index (κ3) is 4.66. The normalized spacial score (nSPS) is 13.1. The number of fused-ring (bicyclic) bond motifs is 1. The molecule has 0 spiro atoms. The molecule has 3 aromatic rings. The molecule has 1 heterocycles. The van der Waals surface area contributed by atoms with Crippen LogP contribution in [0.4, 0.5) is 5.69 Å². The van der Waals surface area contributed by atoms with Crippen LogP contribution in [-0.4, -0.2) is 23.6 Å². The molecule has 1 fully saturated rings. The second-order valence-electron chi connectivity index (χ2n) is 7.91. The number of carbonyl (C=O) groups is 1. The lowest BCUT2D eigenvalue weighted by atomic mass is 9.92. The van der Waals surface area contributed by atoms with Gasteiger partial charge in [0.1, 0.15) is 11.8 Å². The van der Waals surface area contributed by atoms with Crippen LogP contribution in [0.15, 0.2) is 42.5 Å². The lowest BCUT2D eigenvalue weighted by Crippen LogP contribution is -2.17. The lowest BCUT2D eigenvalue weighted by molar-refractivity contribution is -0.106. The Labute approximate surface area is 183 Å². The van der Waals surface area contributed by atoms with Crippen LogP contribution >= 0.6 is 0 Å². The van der Waals surface area contributed by atoms with Crippen molar-refractivity contribution in [1.29, 1.82) is 5.26 Å². The minimum Gasteiger partial charge on any atom is -0.494 e. The summed E-state index contributed by atoms with van der Waals surface area (Å²) in [6.45, 7) is 6.86. The fourth-order valence-electron chi connectivity index (χ4n) is 4.03. The van der Waals surface area contributed by atoms with Crippen molar-refractivity contribution in [1.82, 2.24) is 4.57 Å². The first-order chi connectivity index (χ1) is 15.0. The highest BCUT2D eigenvalue weighted by Gasteiger charge is 2.27. The molecule has 1 aromatic heterocycles. The minimum atomic E-state index is 0.250. The van der Waals surface area contributed by atoms with Gasteiger partial charge in [-0.15, -0.1) is 0 Å². The molecule has 1 aliphatic rings. The summed E-state index contributed by atoms with van der Waals surface area (Å²) < 4.78 is 8.08. The van der Waals surface area contributed by atoms with Crippen molar-refractivity contribution in [2.45, 2.75) is 52.1 Å². The summed E-state index contributed by atoms with van der Waals surface area (Å²) in [7, 11) is 0. The van der Waals surface area contributed by atoms with Crippen LogP contribution in [0.2, 0.25) is 0 Å². The van der Waals surface area contributed by atoms with Gasteiger partial charge in [0.15, 0.2) is 0 Å². The summed E-state index contributed by atoms with van der Waals surface area (Å²) in [6, 6.07) is 17.9. The molecule has 0 aliphatic heterocycles. The Hall–Kier alpha value is -3.46. The van der Waals surface area contributed by atoms with E-state index < -0.39 is 0 Å². The van der Waals surface area contributed by atoms with Gasteiger partial charge >= 0.3 is 0 Å². The fraction of sp³-hybridized carbons (Fsp3) is 0.360. The van der Waals surface area contributed by atoms with Crippen molar-refractivity contribution in [2.75, 3.05) is 11.9 Å². The van der Waals surface area contributed by atoms with Gasteiger partial charge in [-0.3, -0.25) is 4.79 Å². The van der Waals surface area contributed by atoms with Crippen molar-refractivity contribution < 1.29 is 9.53 Å². The van der Waals surface area contributed by atoms with E-state index in [0.717, 1.165) is 39.2 Å². The molecule has 0 atom stereocenters. The number of primary amides is 1. The molecular formula is C25H30N4O2. The molecule has 1 amide bonds. The monoisotopic (exact) mass is 418 g/mol. The average Bonchev–Trinajstić information content (AvgIpc) is 3.01. The molecular weight excluding hydrogens is 388 g/mol. The maximum Gasteiger partial charge on any atom is 0.204 e. The van der Waals surface area contributed by atoms with E-state index in [2.05, 4.69) is 65.9 Å². The second-order valence-corrected chi connectivity index (χ2v) is 7.91. The quantitative estimate of drug-likeness (QED) is 0.536. The molecule has 162 valence electrons. The number of carbonyl (C=O) groups excluding carboxylic acids is 1. The summed E-state index contributed by atoms with van der Waals surface area (Å²) in [5, 5.41) is 14.5. The fourth-order valence-corrected chi connectivity index (χ4v) is 4.03. The number of hydrogen-bond donors (Lipinski definition) is 2. The van der Waals surface area contributed by atoms with Gasteiger partial charge in [-0.1, -0.05) is 12.1 Å². The van der Waals surface area contributed by atoms with E-state index in [4.69, 9.17) is 9.53 Å². The Morgan fingerprint density at radius 3 is 2.45 bits per heavy atom. The van der Waals surface area contributed by atoms with Gasteiger partial charge in [0.2, 0.25) is 6.41 Å². The molecule has 1 saturated carbocycles. The summed E-state index contributed by atoms with van der Waals surface area (Å²) in [5.41, 5.74) is 9.26. The number of aromatic nitrogens is 1. The van der Waals surface area contributed by atoms with Crippen LogP contribution in [-0.2, 0) is 4.79 Å². The van der Waals surface area contributed by atoms with Crippen LogP contribution in [0.25, 0.3) is 22.2 Å². The number of nitrogens with two attached hydrogens (primary N) is 1. The highest BCUT2D eigenvalue weighted by Crippen LogP contribution is 2.43. The first kappa shape index (κ1) is 22.2. The largest absolute Gasteiger partial charge is 0.494 e. The van der Waals surface area contributed by atoms with E-state index in [1.807, 2.05) is 19.1 Å². The smallest absolute Gasteiger partial charge is 0.204 e. The number of anilines is 1. The van der Waals surface area contributed by atoms with E-state index in [1.54, 1.807) is 0 Å². The van der Waals surface area contributed by atoms with Crippen molar-refractivity contribution >= 4 is 23.0 Å². The number of nitriles is 1. The zero-order valence-electron chi connectivity index (χ0n) is 18.4. The molecule has 2 aromatic carbocycles. The highest BCUT2D eigenvalue weighted by molar-refractivity contribution is 5.95. The Bertz CT molecular complexity index is 1070. The number of nitrogens with one attached hydrogen (secondary N) is 1. The Balaban J connectivity index is 0.000000858. The third-order valence-corrected chi connectivity index (χ3v) is 5.45. The van der Waals surface area contributed by atoms with Gasteiger partial charge in [-0.05, 0) is 75.9 Å². The van der Waals surface area contributed by atoms with E-state index in [0.29, 0.717) is 18.7 Å². The van der Waals surface area contributed by atoms with E-state index in [1.165, 1.54) is 19.3 Å². The van der Waals surface area contributed by atoms with E-state index in [-0.39, 0.29) is 6.41 Å². The summed E-state index contributed by atoms with van der Waals surface area (Å²) >= 11 is 0. The summed E-state index contributed by atoms with van der Waals surface area (Å²) in [5.74, 6) is 0.820. The topological polar surface area (TPSA) is 93.1 Å². The first-order valence-corrected chi connectivity index (χ1v) is 10.8. The van der Waals surface area contributed by atoms with Crippen molar-refractivity contribution in [3.8, 4) is 23.1 Å². The van der Waals surface area contributed by atoms with Crippen LogP contribution < -0.4 is 15.8 Å². The Morgan fingerprint density at radius 2 is 1.94 bits per heavy atom. The number of amides is 1. The van der Waals surface area contributed by atoms with Crippen LogP contribution in [0.5, 0.6) is 5.75 Å². The van der Waals surface area contributed by atoms with Gasteiger partial charge in [0.05, 0.1) is 23.4 Å². The molecule has 3 N–H and O–H groups in total. The second kappa shape index (κ2) is 10.0. The lowest BCUT2D eigenvalue weighted by Gasteiger charge is -2.30. The van der Waals surface area contributed by atoms with Gasteiger partial charge in [-0.25, -0.2) is 0 Å². The number of ether oxygens (including phenoxy) is 1. The molecule has 1 aliphatic carbocycles. The standard InChI is InChI=1S/C24H27N3O.CH3NO/c1-4-28-20-12-13-23-21(14-20)22(15-25)24(27(23)19-6-5-7-19)17-8-10-18(11-9-17)26-16(2)3;2-1-3/h8-14,16,19,26H,4-7H2,1-3H3;1H,(H2,2,3). The van der Waals surface area contributed by atoms with E-state index >= 15 is 0 Å². The zero-order chi connectivity index (χ0) is 22.4. The maximum absolute atomic E-state index is 10.0. The predicted octanol–water partition coefficient (Wildman–Crippen LogP) is 5.23. The first-order valence-electron chi connectivity index (χ1n) is 10.8. The SMILES string of the molecule is CCOc1ccc2c(c1)c(C#N)c(-c1ccc(NC(C)C)cc1)n2C1CCC1.NC=O. The number of benzene rings is 2. The van der Waals surface area contributed by atoms with Gasteiger partial charge < -0.3 is 20.4 Å². The molecule has 6 heteroatoms. The molecule has 0 saturated heterocycles. The third-order valence-electron chi connectivity index (χ3n) is 5.45. The summed E-state index contributed by atoms with van der Waals surface area (Å²) in [6.07, 6.45) is 3.84. The molecule has 6 nitrogen and oxygen atoms in total. The minimum absolute atomic E-state index is 0.250. The van der Waals surface area contributed by atoms with Crippen LogP contribution in [0.3, 0.4) is 0 Å². The van der Waals surface area contributed by atoms with E-state index in [9.17, 15) is 5.26 Å². The van der Waals surface area contributed by atoms with Crippen molar-refractivity contribution in [2.24, 2.45) is 5.73 Å². The molecule has 0 bridgehead atoms. The highest BCUT2D eigenvalue weighted by atomic mass is 16.5. The average molecular weight is 419 g/mol. The van der Waals surface area contributed by atoms with Gasteiger partial charge in [-0.2, -0.15) is 5.26 Å². The zero-order valence-corrected chi connectivity index (χ0v) is 18.4. The Morgan fingerprint density at radius 1 is 1.26 bits per heavy atom. The number of rotatable bonds is 6. The molecule has 0 radical (unpaired) electrons. The van der Waals surface area contributed by atoms with Crippen LogP contribution in [0.1, 0.15) is 51.6 Å². The number of hydrogen-bond acceptors (Lipinski definition) is 4. The molecule has 4 rings (SSSR count). The van der Waals surface area contributed by atoms with Gasteiger partial charge in [0, 0.05) is 23.2 Å². The molecule has 31 heavy (non-hydrogen) atoms. The predicted molar refractivity (Wildman–Crippen MR) is 125 cm³/mol. The maximum atomic E-state index is 10.0. The van der Waals surface area contributed by atoms with Crippen molar-refractivity contribution in [3.05, 3.63) is 48.0 Å².